The van der Waals surface area contributed by atoms with Gasteiger partial charge in [-0.25, -0.2) is 0 Å². The number of piperidine rings is 1. The zero-order valence-corrected chi connectivity index (χ0v) is 9.82. The molecule has 0 spiro atoms. The van der Waals surface area contributed by atoms with Crippen molar-refractivity contribution in [1.29, 1.82) is 0 Å². The number of imide groups is 1. The maximum absolute atomic E-state index is 11.9. The monoisotopic (exact) mass is 227 g/mol. The molecule has 16 heavy (non-hydrogen) atoms. The van der Waals surface area contributed by atoms with E-state index in [1.54, 1.807) is 20.8 Å². The van der Waals surface area contributed by atoms with Gasteiger partial charge in [0.25, 0.3) is 0 Å². The lowest BCUT2D eigenvalue weighted by molar-refractivity contribution is -0.156. The summed E-state index contributed by atoms with van der Waals surface area (Å²) in [4.78, 5) is 35.4. The van der Waals surface area contributed by atoms with Crippen LogP contribution in [-0.4, -0.2) is 34.3 Å². The van der Waals surface area contributed by atoms with E-state index in [1.165, 1.54) is 0 Å². The summed E-state index contributed by atoms with van der Waals surface area (Å²) in [6, 6.07) is 0. The molecule has 0 aliphatic carbocycles. The number of carboxylic acid groups (broad SMARTS) is 1. The van der Waals surface area contributed by atoms with Gasteiger partial charge in [0, 0.05) is 18.4 Å². The molecule has 1 rings (SSSR count). The largest absolute Gasteiger partial charge is 0.481 e. The summed E-state index contributed by atoms with van der Waals surface area (Å²) in [5, 5.41) is 8.88. The van der Waals surface area contributed by atoms with Crippen LogP contribution in [0.15, 0.2) is 0 Å². The summed E-state index contributed by atoms with van der Waals surface area (Å²) in [5.41, 5.74) is -0.657. The van der Waals surface area contributed by atoms with Crippen molar-refractivity contribution < 1.29 is 19.5 Å². The van der Waals surface area contributed by atoms with Crippen LogP contribution >= 0.6 is 0 Å². The second-order valence-electron chi connectivity index (χ2n) is 5.13. The molecule has 1 saturated heterocycles. The van der Waals surface area contributed by atoms with E-state index >= 15 is 0 Å². The number of amides is 2. The molecule has 5 heteroatoms. The van der Waals surface area contributed by atoms with Crippen LogP contribution in [0.2, 0.25) is 0 Å². The van der Waals surface area contributed by atoms with Crippen molar-refractivity contribution in [2.45, 2.75) is 33.6 Å². The normalized spacial score (nSPS) is 22.1. The number of carboxylic acids is 1. The first-order valence-electron chi connectivity index (χ1n) is 5.31. The summed E-state index contributed by atoms with van der Waals surface area (Å²) in [7, 11) is 0. The molecule has 0 aromatic rings. The van der Waals surface area contributed by atoms with Gasteiger partial charge in [-0.2, -0.15) is 0 Å². The maximum Gasteiger partial charge on any atom is 0.308 e. The van der Waals surface area contributed by atoms with Crippen LogP contribution in [0.4, 0.5) is 0 Å². The molecule has 0 radical (unpaired) electrons. The Labute approximate surface area is 94.4 Å². The van der Waals surface area contributed by atoms with E-state index in [0.717, 1.165) is 4.90 Å². The Morgan fingerprint density at radius 2 is 1.94 bits per heavy atom. The number of rotatable bonds is 1. The lowest BCUT2D eigenvalue weighted by Gasteiger charge is -2.33. The fourth-order valence-corrected chi connectivity index (χ4v) is 1.65. The topological polar surface area (TPSA) is 74.7 Å². The van der Waals surface area contributed by atoms with Crippen LogP contribution in [0, 0.1) is 11.3 Å². The molecule has 90 valence electrons. The number of hydrogen-bond acceptors (Lipinski definition) is 3. The van der Waals surface area contributed by atoms with E-state index in [1.807, 2.05) is 0 Å². The lowest BCUT2D eigenvalue weighted by atomic mass is 9.91. The van der Waals surface area contributed by atoms with Gasteiger partial charge in [0.1, 0.15) is 0 Å². The van der Waals surface area contributed by atoms with Crippen molar-refractivity contribution in [3.63, 3.8) is 0 Å². The molecule has 0 saturated carbocycles. The van der Waals surface area contributed by atoms with Crippen molar-refractivity contribution in [2.75, 3.05) is 6.54 Å². The van der Waals surface area contributed by atoms with Crippen molar-refractivity contribution in [3.05, 3.63) is 0 Å². The molecule has 2 amide bonds. The molecule has 1 fully saturated rings. The Kier molecular flexibility index (Phi) is 3.35. The quantitative estimate of drug-likeness (QED) is 0.721. The average Bonchev–Trinajstić information content (AvgIpc) is 2.15. The maximum atomic E-state index is 11.9. The van der Waals surface area contributed by atoms with E-state index in [4.69, 9.17) is 5.11 Å². The number of hydrogen-bond donors (Lipinski definition) is 1. The smallest absolute Gasteiger partial charge is 0.308 e. The summed E-state index contributed by atoms with van der Waals surface area (Å²) in [6.07, 6.45) is 0.459. The zero-order chi connectivity index (χ0) is 12.5. The van der Waals surface area contributed by atoms with Gasteiger partial charge >= 0.3 is 5.97 Å². The van der Waals surface area contributed by atoms with Crippen LogP contribution in [0.25, 0.3) is 0 Å². The number of aliphatic carboxylic acids is 1. The number of carbonyl (C=O) groups is 3. The highest BCUT2D eigenvalue weighted by Gasteiger charge is 2.37. The summed E-state index contributed by atoms with van der Waals surface area (Å²) in [5.74, 6) is -2.14. The zero-order valence-electron chi connectivity index (χ0n) is 9.82. The average molecular weight is 227 g/mol. The fourth-order valence-electron chi connectivity index (χ4n) is 1.65. The van der Waals surface area contributed by atoms with E-state index < -0.39 is 17.3 Å². The molecule has 1 N–H and O–H groups in total. The minimum atomic E-state index is -0.945. The van der Waals surface area contributed by atoms with Crippen LogP contribution in [0.5, 0.6) is 0 Å². The predicted molar refractivity (Wildman–Crippen MR) is 56.5 cm³/mol. The van der Waals surface area contributed by atoms with Gasteiger partial charge < -0.3 is 5.11 Å². The second-order valence-corrected chi connectivity index (χ2v) is 5.13. The minimum absolute atomic E-state index is 0.00424. The van der Waals surface area contributed by atoms with E-state index in [2.05, 4.69) is 0 Å². The lowest BCUT2D eigenvalue weighted by Crippen LogP contribution is -2.49. The van der Waals surface area contributed by atoms with Gasteiger partial charge in [-0.3, -0.25) is 19.3 Å². The Morgan fingerprint density at radius 3 is 2.38 bits per heavy atom. The first-order valence-corrected chi connectivity index (χ1v) is 5.31. The van der Waals surface area contributed by atoms with E-state index in [0.29, 0.717) is 6.42 Å². The van der Waals surface area contributed by atoms with Crippen LogP contribution in [0.1, 0.15) is 33.6 Å². The summed E-state index contributed by atoms with van der Waals surface area (Å²) < 4.78 is 0. The highest BCUT2D eigenvalue weighted by atomic mass is 16.4. The van der Waals surface area contributed by atoms with Gasteiger partial charge in [0.15, 0.2) is 0 Å². The molecule has 5 nitrogen and oxygen atoms in total. The molecule has 1 atom stereocenters. The highest BCUT2D eigenvalue weighted by molar-refractivity contribution is 5.98. The van der Waals surface area contributed by atoms with Gasteiger partial charge in [0.2, 0.25) is 11.8 Å². The van der Waals surface area contributed by atoms with Crippen LogP contribution in [-0.2, 0) is 14.4 Å². The SMILES string of the molecule is CC(C)(C)C(=O)N1CC(C(=O)O)CCC1=O. The van der Waals surface area contributed by atoms with Gasteiger partial charge in [-0.05, 0) is 6.42 Å². The third-order valence-corrected chi connectivity index (χ3v) is 2.65. The summed E-state index contributed by atoms with van der Waals surface area (Å²) >= 11 is 0. The molecular weight excluding hydrogens is 210 g/mol. The second kappa shape index (κ2) is 4.23. The first-order chi connectivity index (χ1) is 7.23. The minimum Gasteiger partial charge on any atom is -0.481 e. The van der Waals surface area contributed by atoms with Crippen LogP contribution < -0.4 is 0 Å². The van der Waals surface area contributed by atoms with Gasteiger partial charge in [-0.1, -0.05) is 20.8 Å². The van der Waals surface area contributed by atoms with Crippen molar-refractivity contribution >= 4 is 17.8 Å². The molecule has 1 heterocycles. The number of carbonyl (C=O) groups excluding carboxylic acids is 2. The molecular formula is C11H17NO4. The van der Waals surface area contributed by atoms with Crippen molar-refractivity contribution in [2.24, 2.45) is 11.3 Å². The molecule has 1 aliphatic heterocycles. The Bertz CT molecular complexity index is 329. The molecule has 1 unspecified atom stereocenters. The van der Waals surface area contributed by atoms with Gasteiger partial charge in [-0.15, -0.1) is 0 Å². The third-order valence-electron chi connectivity index (χ3n) is 2.65. The Hall–Kier alpha value is -1.39. The Balaban J connectivity index is 2.82. The third kappa shape index (κ3) is 2.59. The summed E-state index contributed by atoms with van der Waals surface area (Å²) in [6.45, 7) is 5.15. The molecule has 0 aromatic heterocycles. The molecule has 1 aliphatic rings. The molecule has 0 aromatic carbocycles. The van der Waals surface area contributed by atoms with Gasteiger partial charge in [0.05, 0.1) is 5.92 Å². The highest BCUT2D eigenvalue weighted by Crippen LogP contribution is 2.24. The number of likely N-dealkylation sites (tertiary alicyclic amines) is 1. The standard InChI is InChI=1S/C11H17NO4/c1-11(2,3)10(16)12-6-7(9(14)15)4-5-8(12)13/h7H,4-6H2,1-3H3,(H,14,15). The van der Waals surface area contributed by atoms with E-state index in [9.17, 15) is 14.4 Å². The van der Waals surface area contributed by atoms with Crippen LogP contribution in [0.3, 0.4) is 0 Å². The predicted octanol–water partition coefficient (Wildman–Crippen LogP) is 0.882. The van der Waals surface area contributed by atoms with E-state index in [-0.39, 0.29) is 24.8 Å². The molecule has 0 bridgehead atoms. The van der Waals surface area contributed by atoms with Crippen molar-refractivity contribution in [3.8, 4) is 0 Å². The Morgan fingerprint density at radius 1 is 1.38 bits per heavy atom. The number of nitrogens with zero attached hydrogens (tertiary/aromatic N) is 1. The van der Waals surface area contributed by atoms with Crippen molar-refractivity contribution in [1.82, 2.24) is 4.90 Å². The fraction of sp³-hybridized carbons (Fsp3) is 0.727. The first kappa shape index (κ1) is 12.7.